The predicted octanol–water partition coefficient (Wildman–Crippen LogP) is 30.1. The van der Waals surface area contributed by atoms with Crippen molar-refractivity contribution in [3.05, 3.63) is 365 Å². The number of nitrogens with zero attached hydrogens (tertiary/aromatic N) is 1. The summed E-state index contributed by atoms with van der Waals surface area (Å²) in [5.41, 5.74) is 25.7. The van der Waals surface area contributed by atoms with Crippen molar-refractivity contribution >= 4 is 165 Å². The fourth-order valence-electron chi connectivity index (χ4n) is 19.0. The first-order valence-corrected chi connectivity index (χ1v) is 39.7. The molecule has 3 aliphatic carbocycles. The molecule has 21 aromatic rings. The standard InChI is InChI=1S/C51H33NS.C34H24.C18H11BrS/c1-51(2)45-20-9-7-16-37(45)42-27-44-43-26-40-35-14-5-3-12-33(35)34-13-4-6-15-36(34)41(40)28-47(43)52(48(44)29-46(42)51)31-24-22-30(23-25-31)32-18-11-19-39-38-17-8-10-21-49(38)53-50(32)39;1-34(2)32-14-8-7-13-26(32)31-19-28-21(17-33(31)34)15-20-16-29-24-11-5-3-9-22(24)23-10-4-6-12-25(23)30(29)18-27(20)28;19-13-10-8-12(9-11-13)14-5-3-6-16-15-4-1-2-7-17(15)20-18(14)16/h3-29H,1-2H3;3-14,16-19H,15H2,1-2H3;1-11H. The van der Waals surface area contributed by atoms with Crippen LogP contribution < -0.4 is 0 Å². The van der Waals surface area contributed by atoms with Gasteiger partial charge in [0.25, 0.3) is 0 Å². The molecule has 0 radical (unpaired) electrons. The summed E-state index contributed by atoms with van der Waals surface area (Å²) < 4.78 is 9.05. The minimum absolute atomic E-state index is 0.0485. The van der Waals surface area contributed by atoms with Crippen LogP contribution in [-0.2, 0) is 17.3 Å². The highest BCUT2D eigenvalue weighted by molar-refractivity contribution is 9.10. The predicted molar refractivity (Wildman–Crippen MR) is 466 cm³/mol. The topological polar surface area (TPSA) is 4.93 Å². The fraction of sp³-hybridized carbons (Fsp3) is 0.0680. The summed E-state index contributed by atoms with van der Waals surface area (Å²) in [5, 5.41) is 23.9. The SMILES string of the molecule is Brc1ccc(-c2cccc3c2sc2ccccc23)cc1.CC1(C)c2ccccc2-c2cc3c(cc21)Cc1cc2c4ccccc4c4ccccc4c2cc1-3.CC1(C)c2ccccc2-c2cc3c4cc5c6ccccc6c6ccccc6c5cc4n(-c4ccc(-c5cccc6c5sc5ccccc56)cc4)c3cc21. The number of fused-ring (bicyclic) bond motifs is 30. The minimum Gasteiger partial charge on any atom is -0.309 e. The molecule has 0 aliphatic heterocycles. The Balaban J connectivity index is 0.000000112. The Labute approximate surface area is 636 Å². The van der Waals surface area contributed by atoms with Crippen LogP contribution in [0.15, 0.2) is 332 Å². The van der Waals surface area contributed by atoms with E-state index < -0.39 is 0 Å². The van der Waals surface area contributed by atoms with E-state index in [-0.39, 0.29) is 10.8 Å². The van der Waals surface area contributed by atoms with Crippen LogP contribution in [0.2, 0.25) is 0 Å². The molecule has 0 spiro atoms. The van der Waals surface area contributed by atoms with Gasteiger partial charge in [0.2, 0.25) is 0 Å². The fourth-order valence-corrected chi connectivity index (χ4v) is 21.8. The molecule has 0 saturated carbocycles. The Morgan fingerprint density at radius 1 is 0.252 bits per heavy atom. The molecule has 24 rings (SSSR count). The van der Waals surface area contributed by atoms with Crippen molar-refractivity contribution in [2.75, 3.05) is 0 Å². The van der Waals surface area contributed by atoms with Crippen molar-refractivity contribution in [1.29, 1.82) is 0 Å². The largest absolute Gasteiger partial charge is 0.309 e. The molecule has 0 saturated heterocycles. The van der Waals surface area contributed by atoms with Gasteiger partial charge < -0.3 is 4.57 Å². The van der Waals surface area contributed by atoms with Gasteiger partial charge in [0, 0.05) is 72.1 Å². The van der Waals surface area contributed by atoms with Gasteiger partial charge in [-0.15, -0.1) is 22.7 Å². The molecule has 0 bridgehead atoms. The average Bonchev–Trinajstić information content (AvgIpc) is 1.56. The number of thiophene rings is 2. The van der Waals surface area contributed by atoms with Crippen LogP contribution in [0.1, 0.15) is 61.1 Å². The van der Waals surface area contributed by atoms with Crippen molar-refractivity contribution in [1.82, 2.24) is 4.57 Å². The Kier molecular flexibility index (Phi) is 13.8. The first-order valence-electron chi connectivity index (χ1n) is 37.3. The lowest BCUT2D eigenvalue weighted by atomic mass is 9.81. The van der Waals surface area contributed by atoms with Gasteiger partial charge in [0.15, 0.2) is 0 Å². The van der Waals surface area contributed by atoms with Crippen LogP contribution in [0.5, 0.6) is 0 Å². The molecule has 3 heterocycles. The lowest BCUT2D eigenvalue weighted by Crippen LogP contribution is -2.15. The van der Waals surface area contributed by atoms with Gasteiger partial charge in [-0.05, 0) is 239 Å². The Morgan fingerprint density at radius 2 is 0.607 bits per heavy atom. The number of rotatable bonds is 3. The van der Waals surface area contributed by atoms with E-state index >= 15 is 0 Å². The third kappa shape index (κ3) is 9.39. The maximum absolute atomic E-state index is 3.50. The number of benzene rings is 18. The zero-order chi connectivity index (χ0) is 71.1. The molecule has 0 N–H and O–H groups in total. The maximum atomic E-state index is 3.50. The maximum Gasteiger partial charge on any atom is 0.0547 e. The second-order valence-electron chi connectivity index (χ2n) is 30.6. The normalized spacial score (nSPS) is 13.6. The molecule has 107 heavy (non-hydrogen) atoms. The minimum atomic E-state index is -0.0920. The number of halogens is 1. The highest BCUT2D eigenvalue weighted by Crippen LogP contribution is 2.55. The molecular formula is C103H68BrNS2. The Bertz CT molecular complexity index is 7400. The third-order valence-corrected chi connectivity index (χ3v) is 27.1. The molecular weight excluding hydrogens is 1400 g/mol. The van der Waals surface area contributed by atoms with Gasteiger partial charge in [0.05, 0.1) is 11.0 Å². The number of hydrogen-bond acceptors (Lipinski definition) is 2. The molecule has 4 heteroatoms. The number of hydrogen-bond donors (Lipinski definition) is 0. The second kappa shape index (κ2) is 23.6. The van der Waals surface area contributed by atoms with Gasteiger partial charge in [0.1, 0.15) is 0 Å². The molecule has 0 unspecified atom stereocenters. The molecule has 3 aromatic heterocycles. The Morgan fingerprint density at radius 3 is 1.13 bits per heavy atom. The van der Waals surface area contributed by atoms with Gasteiger partial charge in [-0.1, -0.05) is 292 Å². The molecule has 0 amide bonds. The Hall–Kier alpha value is -11.8. The highest BCUT2D eigenvalue weighted by atomic mass is 79.9. The highest BCUT2D eigenvalue weighted by Gasteiger charge is 2.39. The molecule has 0 atom stereocenters. The van der Waals surface area contributed by atoms with E-state index in [0.29, 0.717) is 0 Å². The van der Waals surface area contributed by atoms with Crippen LogP contribution in [0.4, 0.5) is 0 Å². The van der Waals surface area contributed by atoms with Gasteiger partial charge in [-0.3, -0.25) is 0 Å². The first kappa shape index (κ1) is 62.6. The number of aromatic nitrogens is 1. The van der Waals surface area contributed by atoms with Crippen LogP contribution in [-0.4, -0.2) is 4.57 Å². The van der Waals surface area contributed by atoms with Crippen LogP contribution in [0.3, 0.4) is 0 Å². The van der Waals surface area contributed by atoms with E-state index in [2.05, 4.69) is 376 Å². The molecule has 504 valence electrons. The lowest BCUT2D eigenvalue weighted by Gasteiger charge is -2.22. The first-order chi connectivity index (χ1) is 52.5. The monoisotopic (exact) mass is 1460 g/mol. The van der Waals surface area contributed by atoms with Crippen molar-refractivity contribution in [2.24, 2.45) is 0 Å². The quantitative estimate of drug-likeness (QED) is 0.155. The van der Waals surface area contributed by atoms with E-state index in [1.54, 1.807) is 0 Å². The third-order valence-electron chi connectivity index (χ3n) is 24.2. The summed E-state index contributed by atoms with van der Waals surface area (Å²) in [4.78, 5) is 0. The second-order valence-corrected chi connectivity index (χ2v) is 33.6. The van der Waals surface area contributed by atoms with Crippen molar-refractivity contribution in [3.63, 3.8) is 0 Å². The summed E-state index contributed by atoms with van der Waals surface area (Å²) in [6, 6.07) is 122. The van der Waals surface area contributed by atoms with E-state index in [1.165, 1.54) is 221 Å². The molecule has 1 nitrogen and oxygen atoms in total. The molecule has 18 aromatic carbocycles. The van der Waals surface area contributed by atoms with E-state index in [9.17, 15) is 0 Å². The average molecular weight is 1460 g/mol. The molecule has 0 fully saturated rings. The van der Waals surface area contributed by atoms with E-state index in [4.69, 9.17) is 0 Å². The van der Waals surface area contributed by atoms with Gasteiger partial charge >= 0.3 is 0 Å². The zero-order valence-electron chi connectivity index (χ0n) is 59.5. The smallest absolute Gasteiger partial charge is 0.0547 e. The summed E-state index contributed by atoms with van der Waals surface area (Å²) in [7, 11) is 0. The van der Waals surface area contributed by atoms with Crippen LogP contribution >= 0.6 is 38.6 Å². The lowest BCUT2D eigenvalue weighted by molar-refractivity contribution is 0.659. The van der Waals surface area contributed by atoms with E-state index in [0.717, 1.165) is 10.9 Å². The molecule has 3 aliphatic rings. The summed E-state index contributed by atoms with van der Waals surface area (Å²) in [6.07, 6.45) is 1.02. The van der Waals surface area contributed by atoms with Crippen molar-refractivity contribution < 1.29 is 0 Å². The zero-order valence-corrected chi connectivity index (χ0v) is 62.7. The van der Waals surface area contributed by atoms with Gasteiger partial charge in [-0.25, -0.2) is 0 Å². The van der Waals surface area contributed by atoms with Crippen molar-refractivity contribution in [2.45, 2.75) is 44.9 Å². The van der Waals surface area contributed by atoms with Crippen LogP contribution in [0, 0.1) is 0 Å². The summed E-state index contributed by atoms with van der Waals surface area (Å²) >= 11 is 7.27. The van der Waals surface area contributed by atoms with E-state index in [1.807, 2.05) is 22.7 Å². The summed E-state index contributed by atoms with van der Waals surface area (Å²) in [5.74, 6) is 0. The van der Waals surface area contributed by atoms with Gasteiger partial charge in [-0.2, -0.15) is 0 Å². The summed E-state index contributed by atoms with van der Waals surface area (Å²) in [6.45, 7) is 9.51. The van der Waals surface area contributed by atoms with Crippen LogP contribution in [0.25, 0.3) is 188 Å². The van der Waals surface area contributed by atoms with Crippen molar-refractivity contribution in [3.8, 4) is 61.3 Å².